The average Bonchev–Trinajstić information content (AvgIpc) is 2.86. The molecular formula is C29H24Cl2N2O2S. The van der Waals surface area contributed by atoms with E-state index in [1.165, 1.54) is 17.8 Å². The number of hydrogen-bond donors (Lipinski definition) is 2. The number of carbonyl (C=O) groups is 2. The minimum Gasteiger partial charge on any atom is -0.325 e. The van der Waals surface area contributed by atoms with Crippen LogP contribution in [0.1, 0.15) is 32.3 Å². The minimum absolute atomic E-state index is 0.102. The molecule has 4 rings (SSSR count). The molecule has 1 unspecified atom stereocenters. The monoisotopic (exact) mass is 534 g/mol. The largest absolute Gasteiger partial charge is 0.325 e. The zero-order valence-corrected chi connectivity index (χ0v) is 22.0. The van der Waals surface area contributed by atoms with Crippen molar-refractivity contribution in [3.8, 4) is 0 Å². The first-order chi connectivity index (χ1) is 17.3. The van der Waals surface area contributed by atoms with Gasteiger partial charge in [0.25, 0.3) is 5.91 Å². The lowest BCUT2D eigenvalue weighted by molar-refractivity contribution is -0.115. The molecule has 0 aliphatic rings. The molecule has 0 aromatic heterocycles. The predicted molar refractivity (Wildman–Crippen MR) is 150 cm³/mol. The lowest BCUT2D eigenvalue weighted by atomic mass is 10.1. The topological polar surface area (TPSA) is 58.2 Å². The molecule has 2 N–H and O–H groups in total. The zero-order valence-electron chi connectivity index (χ0n) is 19.7. The van der Waals surface area contributed by atoms with Crippen molar-refractivity contribution in [3.63, 3.8) is 0 Å². The highest BCUT2D eigenvalue weighted by Crippen LogP contribution is 2.37. The van der Waals surface area contributed by atoms with Gasteiger partial charge in [0.2, 0.25) is 5.91 Å². The van der Waals surface area contributed by atoms with Gasteiger partial charge in [-0.1, -0.05) is 65.7 Å². The number of aryl methyl sites for hydroxylation is 1. The fraction of sp³-hybridized carbons (Fsp3) is 0.103. The molecule has 4 nitrogen and oxygen atoms in total. The molecule has 0 aliphatic carbocycles. The number of benzene rings is 4. The Hall–Kier alpha value is -3.25. The van der Waals surface area contributed by atoms with Gasteiger partial charge in [-0.2, -0.15) is 0 Å². The molecule has 0 aliphatic heterocycles. The Morgan fingerprint density at radius 2 is 1.53 bits per heavy atom. The molecule has 4 aromatic carbocycles. The number of nitrogens with one attached hydrogen (secondary N) is 2. The summed E-state index contributed by atoms with van der Waals surface area (Å²) in [5.41, 5.74) is 4.83. The van der Waals surface area contributed by atoms with Crippen LogP contribution in [0.2, 0.25) is 10.0 Å². The molecule has 0 bridgehead atoms. The van der Waals surface area contributed by atoms with Gasteiger partial charge in [0.05, 0.1) is 10.6 Å². The summed E-state index contributed by atoms with van der Waals surface area (Å²) in [5, 5.41) is 6.23. The van der Waals surface area contributed by atoms with E-state index in [2.05, 4.69) is 10.6 Å². The Morgan fingerprint density at radius 1 is 0.806 bits per heavy atom. The summed E-state index contributed by atoms with van der Waals surface area (Å²) in [4.78, 5) is 26.9. The summed E-state index contributed by atoms with van der Waals surface area (Å²) in [6.07, 6.45) is 0. The van der Waals surface area contributed by atoms with E-state index in [0.717, 1.165) is 27.3 Å². The van der Waals surface area contributed by atoms with E-state index in [1.54, 1.807) is 24.3 Å². The first-order valence-electron chi connectivity index (χ1n) is 11.3. The molecular weight excluding hydrogens is 511 g/mol. The first kappa shape index (κ1) is 25.8. The number of rotatable bonds is 7. The molecule has 36 heavy (non-hydrogen) atoms. The van der Waals surface area contributed by atoms with Crippen molar-refractivity contribution in [2.24, 2.45) is 0 Å². The summed E-state index contributed by atoms with van der Waals surface area (Å²) >= 11 is 13.5. The second kappa shape index (κ2) is 11.7. The molecule has 0 fully saturated rings. The molecule has 0 saturated heterocycles. The van der Waals surface area contributed by atoms with Crippen molar-refractivity contribution < 1.29 is 9.59 Å². The molecule has 0 saturated carbocycles. The molecule has 0 radical (unpaired) electrons. The van der Waals surface area contributed by atoms with E-state index in [1.807, 2.05) is 74.5 Å². The summed E-state index contributed by atoms with van der Waals surface area (Å²) in [7, 11) is 0. The van der Waals surface area contributed by atoms with Crippen LogP contribution in [0.3, 0.4) is 0 Å². The highest BCUT2D eigenvalue weighted by Gasteiger charge is 2.23. The Morgan fingerprint density at radius 3 is 2.22 bits per heavy atom. The SMILES string of the molecule is Cc1cccc(NC(=O)C(Sc2ccc(NC(=O)c3ccc(Cl)cc3Cl)cc2)c2ccccc2)c1C. The van der Waals surface area contributed by atoms with Gasteiger partial charge in [-0.15, -0.1) is 11.8 Å². The van der Waals surface area contributed by atoms with Crippen LogP contribution < -0.4 is 10.6 Å². The Balaban J connectivity index is 1.51. The summed E-state index contributed by atoms with van der Waals surface area (Å²) in [6, 6.07) is 27.7. The average molecular weight is 535 g/mol. The van der Waals surface area contributed by atoms with Gasteiger partial charge in [0, 0.05) is 21.3 Å². The third-order valence-electron chi connectivity index (χ3n) is 5.74. The van der Waals surface area contributed by atoms with Crippen molar-refractivity contribution in [2.75, 3.05) is 10.6 Å². The number of amides is 2. The second-order valence-corrected chi connectivity index (χ2v) is 10.3. The standard InChI is InChI=1S/C29H24Cl2N2O2S/c1-18-7-6-10-26(19(18)2)33-29(35)27(20-8-4-3-5-9-20)36-23-14-12-22(13-15-23)32-28(34)24-16-11-21(30)17-25(24)31/h3-17,27H,1-2H3,(H,32,34)(H,33,35). The van der Waals surface area contributed by atoms with Crippen LogP contribution in [0, 0.1) is 13.8 Å². The minimum atomic E-state index is -0.459. The third kappa shape index (κ3) is 6.30. The number of anilines is 2. The van der Waals surface area contributed by atoms with Gasteiger partial charge >= 0.3 is 0 Å². The fourth-order valence-corrected chi connectivity index (χ4v) is 5.13. The molecule has 7 heteroatoms. The van der Waals surface area contributed by atoms with Gasteiger partial charge in [-0.05, 0) is 79.1 Å². The van der Waals surface area contributed by atoms with Crippen molar-refractivity contribution in [1.29, 1.82) is 0 Å². The molecule has 2 amide bonds. The van der Waals surface area contributed by atoms with Crippen molar-refractivity contribution in [3.05, 3.63) is 123 Å². The van der Waals surface area contributed by atoms with Crippen LogP contribution >= 0.6 is 35.0 Å². The first-order valence-corrected chi connectivity index (χ1v) is 12.9. The van der Waals surface area contributed by atoms with Gasteiger partial charge < -0.3 is 10.6 Å². The van der Waals surface area contributed by atoms with Gasteiger partial charge in [-0.3, -0.25) is 9.59 Å². The zero-order chi connectivity index (χ0) is 25.7. The van der Waals surface area contributed by atoms with Crippen LogP contribution in [0.5, 0.6) is 0 Å². The maximum Gasteiger partial charge on any atom is 0.257 e. The number of hydrogen-bond acceptors (Lipinski definition) is 3. The van der Waals surface area contributed by atoms with Gasteiger partial charge in [-0.25, -0.2) is 0 Å². The molecule has 4 aromatic rings. The van der Waals surface area contributed by atoms with Crippen molar-refractivity contribution >= 4 is 58.2 Å². The van der Waals surface area contributed by atoms with Crippen LogP contribution in [-0.2, 0) is 4.79 Å². The lowest BCUT2D eigenvalue weighted by Gasteiger charge is -2.19. The number of halogens is 2. The molecule has 1 atom stereocenters. The molecule has 182 valence electrons. The Kier molecular flexibility index (Phi) is 8.36. The highest BCUT2D eigenvalue weighted by molar-refractivity contribution is 8.00. The van der Waals surface area contributed by atoms with E-state index in [0.29, 0.717) is 16.3 Å². The summed E-state index contributed by atoms with van der Waals surface area (Å²) in [5.74, 6) is -0.429. The Bertz CT molecular complexity index is 1390. The van der Waals surface area contributed by atoms with E-state index in [4.69, 9.17) is 23.2 Å². The summed E-state index contributed by atoms with van der Waals surface area (Å²) < 4.78 is 0. The predicted octanol–water partition coefficient (Wildman–Crippen LogP) is 8.33. The molecule has 0 spiro atoms. The highest BCUT2D eigenvalue weighted by atomic mass is 35.5. The van der Waals surface area contributed by atoms with E-state index in [9.17, 15) is 9.59 Å². The summed E-state index contributed by atoms with van der Waals surface area (Å²) in [6.45, 7) is 4.02. The quantitative estimate of drug-likeness (QED) is 0.234. The number of thioether (sulfide) groups is 1. The van der Waals surface area contributed by atoms with Crippen LogP contribution in [0.15, 0.2) is 95.9 Å². The number of carbonyl (C=O) groups excluding carboxylic acids is 2. The fourth-order valence-electron chi connectivity index (χ4n) is 3.61. The maximum absolute atomic E-state index is 13.4. The third-order valence-corrected chi connectivity index (χ3v) is 7.56. The lowest BCUT2D eigenvalue weighted by Crippen LogP contribution is -2.19. The van der Waals surface area contributed by atoms with E-state index >= 15 is 0 Å². The van der Waals surface area contributed by atoms with Gasteiger partial charge in [0.15, 0.2) is 0 Å². The van der Waals surface area contributed by atoms with Crippen molar-refractivity contribution in [2.45, 2.75) is 24.0 Å². The maximum atomic E-state index is 13.4. The van der Waals surface area contributed by atoms with Crippen LogP contribution in [0.25, 0.3) is 0 Å². The van der Waals surface area contributed by atoms with Crippen molar-refractivity contribution in [1.82, 2.24) is 0 Å². The van der Waals surface area contributed by atoms with Crippen LogP contribution in [0.4, 0.5) is 11.4 Å². The Labute approximate surface area is 225 Å². The molecule has 0 heterocycles. The van der Waals surface area contributed by atoms with E-state index < -0.39 is 5.25 Å². The second-order valence-electron chi connectivity index (χ2n) is 8.25. The smallest absolute Gasteiger partial charge is 0.257 e. The van der Waals surface area contributed by atoms with Crippen LogP contribution in [-0.4, -0.2) is 11.8 Å². The van der Waals surface area contributed by atoms with E-state index in [-0.39, 0.29) is 16.8 Å². The normalized spacial score (nSPS) is 11.6. The van der Waals surface area contributed by atoms with Gasteiger partial charge in [0.1, 0.15) is 5.25 Å².